The molecule has 0 bridgehead atoms. The van der Waals surface area contributed by atoms with E-state index in [-0.39, 0.29) is 32.7 Å². The molecular weight excluding hydrogens is 329 g/mol. The summed E-state index contributed by atoms with van der Waals surface area (Å²) in [5.41, 5.74) is 2.22. The number of hydrogen-bond acceptors (Lipinski definition) is 0. The van der Waals surface area contributed by atoms with Gasteiger partial charge in [0, 0.05) is 32.7 Å². The summed E-state index contributed by atoms with van der Waals surface area (Å²) in [5.74, 6) is 0. The fourth-order valence-corrected chi connectivity index (χ4v) is 2.75. The first-order valence-corrected chi connectivity index (χ1v) is 6.73. The molecule has 0 spiro atoms. The van der Waals surface area contributed by atoms with E-state index in [0.717, 1.165) is 11.1 Å². The van der Waals surface area contributed by atoms with Gasteiger partial charge in [0.25, 0.3) is 0 Å². The van der Waals surface area contributed by atoms with Crippen molar-refractivity contribution >= 4 is 21.5 Å². The maximum atomic E-state index is 3.39. The maximum Gasteiger partial charge on any atom is 0 e. The molecule has 1 heteroatoms. The molecule has 0 heterocycles. The van der Waals surface area contributed by atoms with Gasteiger partial charge in [0.05, 0.1) is 0 Å². The quantitative estimate of drug-likeness (QED) is 0.327. The Labute approximate surface area is 149 Å². The minimum absolute atomic E-state index is 0. The van der Waals surface area contributed by atoms with Gasteiger partial charge < -0.3 is 0 Å². The van der Waals surface area contributed by atoms with Crippen LogP contribution in [0.3, 0.4) is 0 Å². The zero-order valence-electron chi connectivity index (χ0n) is 11.5. The normalized spacial score (nSPS) is 10.5. The second kappa shape index (κ2) is 6.09. The molecule has 0 aliphatic rings. The second-order valence-electron chi connectivity index (χ2n) is 4.88. The standard InChI is InChI=1S/C20H12.Y/c1-2-7-15(8-3-1)19-12-6-10-17-14-13-16-9-4-5-11-18(16)20(17)19;/h1-7,9-11,13-14H;/q-2;. The Kier molecular flexibility index (Phi) is 4.19. The Morgan fingerprint density at radius 3 is 2.29 bits per heavy atom. The minimum Gasteiger partial charge on any atom is -0.226 e. The summed E-state index contributed by atoms with van der Waals surface area (Å²) in [7, 11) is 0. The summed E-state index contributed by atoms with van der Waals surface area (Å²) in [6.45, 7) is 0. The molecule has 0 aliphatic heterocycles. The molecule has 0 fully saturated rings. The summed E-state index contributed by atoms with van der Waals surface area (Å²) < 4.78 is 0. The summed E-state index contributed by atoms with van der Waals surface area (Å²) in [4.78, 5) is 0. The van der Waals surface area contributed by atoms with E-state index in [1.54, 1.807) is 0 Å². The van der Waals surface area contributed by atoms with Crippen LogP contribution in [0, 0.1) is 12.1 Å². The zero-order valence-corrected chi connectivity index (χ0v) is 14.3. The molecule has 0 amide bonds. The Hall–Kier alpha value is -1.50. The van der Waals surface area contributed by atoms with Crippen LogP contribution in [-0.4, -0.2) is 0 Å². The average molecular weight is 341 g/mol. The van der Waals surface area contributed by atoms with Crippen molar-refractivity contribution in [3.8, 4) is 11.1 Å². The van der Waals surface area contributed by atoms with Gasteiger partial charge in [-0.25, -0.2) is 11.1 Å². The fraction of sp³-hybridized carbons (Fsp3) is 0. The molecule has 4 aromatic rings. The third-order valence-corrected chi connectivity index (χ3v) is 3.68. The molecule has 0 aliphatic carbocycles. The van der Waals surface area contributed by atoms with Crippen LogP contribution in [-0.2, 0) is 32.7 Å². The van der Waals surface area contributed by atoms with Crippen LogP contribution >= 0.6 is 0 Å². The SMILES string of the molecule is [Y].[c-]1ccccc1-c1[c-]ccc2ccc3ccccc3c12. The zero-order chi connectivity index (χ0) is 13.4. The van der Waals surface area contributed by atoms with Crippen molar-refractivity contribution in [2.75, 3.05) is 0 Å². The van der Waals surface area contributed by atoms with Crippen molar-refractivity contribution in [2.24, 2.45) is 0 Å². The van der Waals surface area contributed by atoms with Crippen LogP contribution in [0.4, 0.5) is 0 Å². The Morgan fingerprint density at radius 2 is 1.43 bits per heavy atom. The smallest absolute Gasteiger partial charge is 0 e. The van der Waals surface area contributed by atoms with Gasteiger partial charge in [0.15, 0.2) is 0 Å². The predicted molar refractivity (Wildman–Crippen MR) is 84.6 cm³/mol. The van der Waals surface area contributed by atoms with E-state index in [4.69, 9.17) is 0 Å². The van der Waals surface area contributed by atoms with Gasteiger partial charge in [0.2, 0.25) is 0 Å². The van der Waals surface area contributed by atoms with Crippen molar-refractivity contribution in [1.82, 2.24) is 0 Å². The van der Waals surface area contributed by atoms with E-state index in [1.807, 2.05) is 24.3 Å². The summed E-state index contributed by atoms with van der Waals surface area (Å²) >= 11 is 0. The summed E-state index contributed by atoms with van der Waals surface area (Å²) in [6, 6.07) is 31.7. The molecule has 97 valence electrons. The number of rotatable bonds is 1. The minimum atomic E-state index is 0. The third kappa shape index (κ3) is 2.54. The molecule has 0 aromatic heterocycles. The number of hydrogen-bond donors (Lipinski definition) is 0. The Balaban J connectivity index is 0.00000132. The van der Waals surface area contributed by atoms with Gasteiger partial charge in [-0.3, -0.25) is 0 Å². The fourth-order valence-electron chi connectivity index (χ4n) is 2.75. The van der Waals surface area contributed by atoms with Crippen LogP contribution in [0.1, 0.15) is 0 Å². The van der Waals surface area contributed by atoms with Crippen molar-refractivity contribution in [1.29, 1.82) is 0 Å². The molecule has 1 radical (unpaired) electrons. The first-order chi connectivity index (χ1) is 9.93. The van der Waals surface area contributed by atoms with E-state index in [9.17, 15) is 0 Å². The molecule has 0 nitrogen and oxygen atoms in total. The second-order valence-corrected chi connectivity index (χ2v) is 4.88. The number of fused-ring (bicyclic) bond motifs is 3. The Bertz CT molecular complexity index is 895. The van der Waals surface area contributed by atoms with E-state index < -0.39 is 0 Å². The topological polar surface area (TPSA) is 0 Å². The molecule has 0 unspecified atom stereocenters. The maximum absolute atomic E-state index is 3.39. The Morgan fingerprint density at radius 1 is 0.619 bits per heavy atom. The molecule has 0 saturated carbocycles. The molecule has 4 aromatic carbocycles. The van der Waals surface area contributed by atoms with E-state index >= 15 is 0 Å². The average Bonchev–Trinajstić information content (AvgIpc) is 2.55. The molecule has 21 heavy (non-hydrogen) atoms. The van der Waals surface area contributed by atoms with Crippen LogP contribution in [0.25, 0.3) is 32.7 Å². The van der Waals surface area contributed by atoms with Gasteiger partial charge in [-0.15, -0.1) is 22.9 Å². The van der Waals surface area contributed by atoms with Crippen molar-refractivity contribution < 1.29 is 32.7 Å². The van der Waals surface area contributed by atoms with E-state index in [2.05, 4.69) is 60.7 Å². The van der Waals surface area contributed by atoms with Gasteiger partial charge >= 0.3 is 0 Å². The van der Waals surface area contributed by atoms with Crippen molar-refractivity contribution in [3.05, 3.63) is 84.9 Å². The van der Waals surface area contributed by atoms with Crippen molar-refractivity contribution in [3.63, 3.8) is 0 Å². The summed E-state index contributed by atoms with van der Waals surface area (Å²) in [6.07, 6.45) is 0. The monoisotopic (exact) mass is 341 g/mol. The first-order valence-electron chi connectivity index (χ1n) is 6.73. The molecule has 0 N–H and O–H groups in total. The van der Waals surface area contributed by atoms with Crippen LogP contribution in [0.2, 0.25) is 0 Å². The first kappa shape index (κ1) is 14.4. The van der Waals surface area contributed by atoms with E-state index in [0.29, 0.717) is 0 Å². The molecular formula is C20H12Y-2. The van der Waals surface area contributed by atoms with Crippen LogP contribution < -0.4 is 0 Å². The van der Waals surface area contributed by atoms with Crippen molar-refractivity contribution in [2.45, 2.75) is 0 Å². The molecule has 0 atom stereocenters. The number of benzene rings is 4. The van der Waals surface area contributed by atoms with E-state index in [1.165, 1.54) is 21.5 Å². The van der Waals surface area contributed by atoms with Gasteiger partial charge in [-0.05, 0) is 5.39 Å². The molecule has 0 saturated heterocycles. The summed E-state index contributed by atoms with van der Waals surface area (Å²) in [5, 5.41) is 5.04. The predicted octanol–water partition coefficient (Wildman–Crippen LogP) is 5.26. The van der Waals surface area contributed by atoms with Crippen LogP contribution in [0.5, 0.6) is 0 Å². The molecule has 4 rings (SSSR count). The van der Waals surface area contributed by atoms with Gasteiger partial charge in [-0.2, -0.15) is 36.4 Å². The third-order valence-electron chi connectivity index (χ3n) is 3.68. The van der Waals surface area contributed by atoms with Gasteiger partial charge in [-0.1, -0.05) is 41.8 Å². The van der Waals surface area contributed by atoms with Crippen LogP contribution in [0.15, 0.2) is 72.8 Å². The largest absolute Gasteiger partial charge is 0.226 e. The van der Waals surface area contributed by atoms with Gasteiger partial charge in [0.1, 0.15) is 0 Å².